The lowest BCUT2D eigenvalue weighted by Gasteiger charge is -2.30. The van der Waals surface area contributed by atoms with Gasteiger partial charge in [0.2, 0.25) is 15.0 Å². The summed E-state index contributed by atoms with van der Waals surface area (Å²) in [6, 6.07) is 12.8. The van der Waals surface area contributed by atoms with Gasteiger partial charge in [-0.25, -0.2) is 8.42 Å². The van der Waals surface area contributed by atoms with E-state index in [1.165, 1.54) is 15.6 Å². The molecule has 168 valence electrons. The maximum absolute atomic E-state index is 13.2. The highest BCUT2D eigenvalue weighted by Gasteiger charge is 2.33. The number of aromatic nitrogens is 2. The summed E-state index contributed by atoms with van der Waals surface area (Å²) < 4.78 is 27.9. The molecule has 3 aromatic rings. The summed E-state index contributed by atoms with van der Waals surface area (Å²) in [5, 5.41) is 12.1. The van der Waals surface area contributed by atoms with Gasteiger partial charge in [-0.05, 0) is 69.0 Å². The van der Waals surface area contributed by atoms with Gasteiger partial charge in [-0.1, -0.05) is 35.1 Å². The molecule has 2 heterocycles. The average molecular weight is 471 g/mol. The monoisotopic (exact) mass is 470 g/mol. The Kier molecular flexibility index (Phi) is 6.41. The molecular formula is C23H26N4O3S2. The minimum absolute atomic E-state index is 0.0801. The fraction of sp³-hybridized carbons (Fsp3) is 0.348. The zero-order valence-electron chi connectivity index (χ0n) is 18.3. The van der Waals surface area contributed by atoms with E-state index in [1.807, 2.05) is 51.1 Å². The maximum atomic E-state index is 13.2. The van der Waals surface area contributed by atoms with Gasteiger partial charge in [-0.3, -0.25) is 4.79 Å². The van der Waals surface area contributed by atoms with Crippen LogP contribution in [-0.2, 0) is 10.0 Å². The number of nitrogens with zero attached hydrogens (tertiary/aromatic N) is 3. The van der Waals surface area contributed by atoms with Crippen molar-refractivity contribution in [3.8, 4) is 0 Å². The van der Waals surface area contributed by atoms with Gasteiger partial charge in [0.05, 0.1) is 4.90 Å². The van der Waals surface area contributed by atoms with Gasteiger partial charge in [0, 0.05) is 24.7 Å². The van der Waals surface area contributed by atoms with E-state index in [0.717, 1.165) is 29.5 Å². The quantitative estimate of drug-likeness (QED) is 0.601. The average Bonchev–Trinajstić information content (AvgIpc) is 3.28. The number of nitrogens with one attached hydrogen (secondary N) is 1. The van der Waals surface area contributed by atoms with Gasteiger partial charge in [0.25, 0.3) is 5.91 Å². The highest BCUT2D eigenvalue weighted by Crippen LogP contribution is 2.32. The second-order valence-corrected chi connectivity index (χ2v) is 11.2. The first kappa shape index (κ1) is 22.6. The van der Waals surface area contributed by atoms with E-state index in [-0.39, 0.29) is 16.8 Å². The van der Waals surface area contributed by atoms with Crippen molar-refractivity contribution in [1.29, 1.82) is 0 Å². The van der Waals surface area contributed by atoms with E-state index in [0.29, 0.717) is 28.7 Å². The largest absolute Gasteiger partial charge is 0.320 e. The van der Waals surface area contributed by atoms with E-state index in [4.69, 9.17) is 0 Å². The molecule has 2 aromatic carbocycles. The molecule has 0 radical (unpaired) electrons. The van der Waals surface area contributed by atoms with Gasteiger partial charge in [0.15, 0.2) is 0 Å². The molecule has 0 aliphatic carbocycles. The Labute approximate surface area is 192 Å². The number of carbonyl (C=O) groups is 1. The van der Waals surface area contributed by atoms with Crippen molar-refractivity contribution >= 4 is 33.0 Å². The van der Waals surface area contributed by atoms with Gasteiger partial charge in [0.1, 0.15) is 5.01 Å². The summed E-state index contributed by atoms with van der Waals surface area (Å²) >= 11 is 1.23. The number of piperidine rings is 1. The number of carbonyl (C=O) groups excluding carboxylic acids is 1. The molecule has 1 amide bonds. The fourth-order valence-electron chi connectivity index (χ4n) is 3.70. The molecule has 0 spiro atoms. The first-order valence-corrected chi connectivity index (χ1v) is 12.8. The molecule has 0 saturated carbocycles. The van der Waals surface area contributed by atoms with Crippen LogP contribution in [0.2, 0.25) is 0 Å². The molecule has 9 heteroatoms. The normalized spacial score (nSPS) is 17.3. The Bertz CT molecular complexity index is 1240. The lowest BCUT2D eigenvalue weighted by Crippen LogP contribution is -2.39. The SMILES string of the molecule is Cc1ccc(NC(=O)c2nnc(C3CCCN(S(=O)(=O)c4ccc(C)c(C)c4)C3)s2)cc1. The van der Waals surface area contributed by atoms with Gasteiger partial charge < -0.3 is 5.32 Å². The third-order valence-electron chi connectivity index (χ3n) is 5.79. The predicted molar refractivity (Wildman–Crippen MR) is 126 cm³/mol. The third-order valence-corrected chi connectivity index (χ3v) is 8.74. The standard InChI is InChI=1S/C23H26N4O3S2/c1-15-6-9-19(10-7-15)24-21(28)23-26-25-22(31-23)18-5-4-12-27(14-18)32(29,30)20-11-8-16(2)17(3)13-20/h6-11,13,18H,4-5,12,14H2,1-3H3,(H,24,28). The van der Waals surface area contributed by atoms with Crippen LogP contribution in [0.15, 0.2) is 47.4 Å². The van der Waals surface area contributed by atoms with Crippen LogP contribution in [0.3, 0.4) is 0 Å². The number of anilines is 1. The van der Waals surface area contributed by atoms with Gasteiger partial charge in [-0.15, -0.1) is 10.2 Å². The van der Waals surface area contributed by atoms with Crippen molar-refractivity contribution in [2.24, 2.45) is 0 Å². The molecule has 0 bridgehead atoms. The summed E-state index contributed by atoms with van der Waals surface area (Å²) in [6.45, 7) is 6.67. The third kappa shape index (κ3) is 4.74. The van der Waals surface area contributed by atoms with Crippen LogP contribution in [0.1, 0.15) is 50.3 Å². The number of sulfonamides is 1. The molecule has 1 aliphatic heterocycles. The van der Waals surface area contributed by atoms with E-state index >= 15 is 0 Å². The van der Waals surface area contributed by atoms with Crippen LogP contribution in [0.4, 0.5) is 5.69 Å². The van der Waals surface area contributed by atoms with Crippen molar-refractivity contribution < 1.29 is 13.2 Å². The van der Waals surface area contributed by atoms with E-state index < -0.39 is 10.0 Å². The van der Waals surface area contributed by atoms with Gasteiger partial charge in [-0.2, -0.15) is 4.31 Å². The zero-order valence-corrected chi connectivity index (χ0v) is 20.0. The highest BCUT2D eigenvalue weighted by atomic mass is 32.2. The Morgan fingerprint density at radius 3 is 2.53 bits per heavy atom. The zero-order chi connectivity index (χ0) is 22.9. The number of rotatable bonds is 5. The van der Waals surface area contributed by atoms with Crippen LogP contribution in [0, 0.1) is 20.8 Å². The van der Waals surface area contributed by atoms with Crippen molar-refractivity contribution in [1.82, 2.24) is 14.5 Å². The lowest BCUT2D eigenvalue weighted by atomic mass is 10.0. The van der Waals surface area contributed by atoms with Crippen molar-refractivity contribution in [2.45, 2.75) is 44.4 Å². The van der Waals surface area contributed by atoms with Crippen LogP contribution in [0.25, 0.3) is 0 Å². The molecule has 1 aromatic heterocycles. The number of hydrogen-bond acceptors (Lipinski definition) is 6. The molecule has 1 aliphatic rings. The molecule has 1 unspecified atom stereocenters. The minimum atomic E-state index is -3.59. The van der Waals surface area contributed by atoms with Crippen LogP contribution >= 0.6 is 11.3 Å². The number of amides is 1. The fourth-order valence-corrected chi connectivity index (χ4v) is 6.17. The Hall–Kier alpha value is -2.62. The summed E-state index contributed by atoms with van der Waals surface area (Å²) in [5.41, 5.74) is 3.82. The number of benzene rings is 2. The molecule has 7 nitrogen and oxygen atoms in total. The van der Waals surface area contributed by atoms with E-state index in [1.54, 1.807) is 12.1 Å². The predicted octanol–water partition coefficient (Wildman–Crippen LogP) is 4.28. The molecule has 4 rings (SSSR count). The van der Waals surface area contributed by atoms with Crippen molar-refractivity contribution in [2.75, 3.05) is 18.4 Å². The number of aryl methyl sites for hydroxylation is 3. The van der Waals surface area contributed by atoms with Crippen LogP contribution in [-0.4, -0.2) is 41.9 Å². The minimum Gasteiger partial charge on any atom is -0.320 e. The van der Waals surface area contributed by atoms with Crippen molar-refractivity contribution in [3.63, 3.8) is 0 Å². The topological polar surface area (TPSA) is 92.3 Å². The maximum Gasteiger partial charge on any atom is 0.286 e. The second kappa shape index (κ2) is 9.09. The van der Waals surface area contributed by atoms with Crippen molar-refractivity contribution in [3.05, 3.63) is 69.2 Å². The molecule has 1 saturated heterocycles. The molecule has 1 N–H and O–H groups in total. The van der Waals surface area contributed by atoms with E-state index in [2.05, 4.69) is 15.5 Å². The first-order valence-electron chi connectivity index (χ1n) is 10.5. The molecule has 1 fully saturated rings. The summed E-state index contributed by atoms with van der Waals surface area (Å²) in [5.74, 6) is -0.392. The molecule has 32 heavy (non-hydrogen) atoms. The van der Waals surface area contributed by atoms with E-state index in [9.17, 15) is 13.2 Å². The van der Waals surface area contributed by atoms with Crippen LogP contribution in [0.5, 0.6) is 0 Å². The Morgan fingerprint density at radius 2 is 1.81 bits per heavy atom. The second-order valence-electron chi connectivity index (χ2n) is 8.21. The van der Waals surface area contributed by atoms with Gasteiger partial charge >= 0.3 is 0 Å². The Balaban J connectivity index is 1.48. The molecule has 1 atom stereocenters. The Morgan fingerprint density at radius 1 is 1.06 bits per heavy atom. The summed E-state index contributed by atoms with van der Waals surface area (Å²) in [7, 11) is -3.59. The lowest BCUT2D eigenvalue weighted by molar-refractivity contribution is 0.102. The number of hydrogen-bond donors (Lipinski definition) is 1. The first-order chi connectivity index (χ1) is 15.2. The summed E-state index contributed by atoms with van der Waals surface area (Å²) in [6.07, 6.45) is 1.55. The smallest absolute Gasteiger partial charge is 0.286 e. The van der Waals surface area contributed by atoms with Crippen LogP contribution < -0.4 is 5.32 Å². The molecular weight excluding hydrogens is 444 g/mol. The summed E-state index contributed by atoms with van der Waals surface area (Å²) in [4.78, 5) is 12.9. The highest BCUT2D eigenvalue weighted by molar-refractivity contribution is 7.89.